The van der Waals surface area contributed by atoms with Crippen LogP contribution in [-0.2, 0) is 40.1 Å². The highest BCUT2D eigenvalue weighted by Crippen LogP contribution is 2.25. The van der Waals surface area contributed by atoms with Crippen molar-refractivity contribution >= 4 is 53.0 Å². The summed E-state index contributed by atoms with van der Waals surface area (Å²) >= 11 is 1.40. The lowest BCUT2D eigenvalue weighted by molar-refractivity contribution is -0.143. The first-order valence-corrected chi connectivity index (χ1v) is 21.0. The second-order valence-corrected chi connectivity index (χ2v) is 16.3. The SMILES string of the molecule is CC[C@H](C)[C@@H]([C@@H](CC)OC)N(C)C(=O)[C@@H](NC(=O)[C@H](C(C)C)N(C)C(=O)OCc1ccc(NCC(=O)CCCCCN2C(=O)CC(SC)C2=O)cc1)C(C)C. The molecule has 0 saturated carbocycles. The summed E-state index contributed by atoms with van der Waals surface area (Å²) in [5, 5.41) is 5.81. The second-order valence-electron chi connectivity index (χ2n) is 15.3. The predicted octanol–water partition coefficient (Wildman–Crippen LogP) is 5.75. The highest BCUT2D eigenvalue weighted by Gasteiger charge is 2.39. The average molecular weight is 790 g/mol. The summed E-state index contributed by atoms with van der Waals surface area (Å²) in [6.45, 7) is 14.2. The van der Waals surface area contributed by atoms with E-state index in [9.17, 15) is 28.8 Å². The first-order chi connectivity index (χ1) is 26.0. The molecule has 14 heteroatoms. The number of imide groups is 1. The number of amides is 5. The van der Waals surface area contributed by atoms with Gasteiger partial charge in [-0.2, -0.15) is 11.8 Å². The number of rotatable bonds is 24. The van der Waals surface area contributed by atoms with Crippen LogP contribution in [-0.4, -0.2) is 120 Å². The van der Waals surface area contributed by atoms with Gasteiger partial charge in [0, 0.05) is 46.3 Å². The lowest BCUT2D eigenvalue weighted by atomic mass is 9.90. The fourth-order valence-corrected chi connectivity index (χ4v) is 7.68. The third kappa shape index (κ3) is 13.8. The summed E-state index contributed by atoms with van der Waals surface area (Å²) in [6.07, 6.45) is 5.40. The van der Waals surface area contributed by atoms with E-state index in [-0.39, 0.29) is 78.2 Å². The minimum absolute atomic E-state index is 0.0195. The van der Waals surface area contributed by atoms with Crippen LogP contribution in [0.25, 0.3) is 0 Å². The van der Waals surface area contributed by atoms with Crippen LogP contribution >= 0.6 is 11.8 Å². The number of methoxy groups -OCH3 is 1. The highest BCUT2D eigenvalue weighted by atomic mass is 32.2. The Labute approximate surface area is 333 Å². The van der Waals surface area contributed by atoms with Crippen molar-refractivity contribution < 1.29 is 38.2 Å². The van der Waals surface area contributed by atoms with Gasteiger partial charge in [0.1, 0.15) is 18.7 Å². The Hall–Kier alpha value is -3.65. The minimum atomic E-state index is -0.880. The molecular weight excluding hydrogens is 723 g/mol. The summed E-state index contributed by atoms with van der Waals surface area (Å²) < 4.78 is 11.3. The van der Waals surface area contributed by atoms with Crippen molar-refractivity contribution in [3.8, 4) is 0 Å². The average Bonchev–Trinajstić information content (AvgIpc) is 3.44. The Kier molecular flexibility index (Phi) is 20.2. The smallest absolute Gasteiger partial charge is 0.410 e. The monoisotopic (exact) mass is 789 g/mol. The van der Waals surface area contributed by atoms with Gasteiger partial charge in [-0.25, -0.2) is 4.79 Å². The van der Waals surface area contributed by atoms with Gasteiger partial charge < -0.3 is 25.0 Å². The number of benzene rings is 1. The van der Waals surface area contributed by atoms with E-state index in [2.05, 4.69) is 24.5 Å². The van der Waals surface area contributed by atoms with E-state index in [1.165, 1.54) is 28.6 Å². The Morgan fingerprint density at radius 2 is 1.58 bits per heavy atom. The number of likely N-dealkylation sites (tertiary alicyclic amines) is 1. The number of ether oxygens (including phenoxy) is 2. The lowest BCUT2D eigenvalue weighted by Crippen LogP contribution is -2.60. The molecule has 1 fully saturated rings. The number of anilines is 1. The fraction of sp³-hybridized carbons (Fsp3) is 0.707. The first-order valence-electron chi connectivity index (χ1n) is 19.7. The molecule has 1 aliphatic rings. The minimum Gasteiger partial charge on any atom is -0.445 e. The van der Waals surface area contributed by atoms with E-state index in [1.54, 1.807) is 43.3 Å². The van der Waals surface area contributed by atoms with Gasteiger partial charge in [-0.1, -0.05) is 73.4 Å². The molecule has 0 spiro atoms. The zero-order valence-electron chi connectivity index (χ0n) is 35.0. The van der Waals surface area contributed by atoms with Gasteiger partial charge in [0.25, 0.3) is 0 Å². The molecule has 2 rings (SSSR count). The number of nitrogens with one attached hydrogen (secondary N) is 2. The van der Waals surface area contributed by atoms with Gasteiger partial charge in [-0.05, 0) is 61.0 Å². The molecule has 1 unspecified atom stereocenters. The molecule has 55 heavy (non-hydrogen) atoms. The maximum atomic E-state index is 13.9. The predicted molar refractivity (Wildman–Crippen MR) is 217 cm³/mol. The number of carbonyl (C=O) groups is 6. The van der Waals surface area contributed by atoms with Crippen molar-refractivity contribution in [2.45, 2.75) is 129 Å². The summed E-state index contributed by atoms with van der Waals surface area (Å²) in [5.74, 6) is -1.09. The fourth-order valence-electron chi connectivity index (χ4n) is 7.04. The molecule has 0 aromatic heterocycles. The standard InChI is InChI=1S/C41H67N5O8S/c1-12-28(7)37(32(13-2)53-10)44(8)40(51)35(26(3)4)43-38(49)36(27(5)6)45(9)41(52)54-25-29-18-20-30(21-19-29)42-24-31(47)17-15-14-16-22-46-34(48)23-33(55-11)39(46)50/h18-21,26-28,32-33,35-37,42H,12-17,22-25H2,1-11H3,(H,43,49)/t28-,32+,33?,35-,36-,37-/m0/s1. The van der Waals surface area contributed by atoms with Crippen molar-refractivity contribution in [1.82, 2.24) is 20.0 Å². The first kappa shape index (κ1) is 47.5. The number of nitrogens with zero attached hydrogens (tertiary/aromatic N) is 3. The number of carbonyl (C=O) groups excluding carboxylic acids is 6. The molecule has 0 radical (unpaired) electrons. The quantitative estimate of drug-likeness (QED) is 0.0978. The summed E-state index contributed by atoms with van der Waals surface area (Å²) in [5.41, 5.74) is 1.48. The van der Waals surface area contributed by atoms with Gasteiger partial charge in [0.2, 0.25) is 23.6 Å². The van der Waals surface area contributed by atoms with E-state index in [1.807, 2.05) is 40.9 Å². The van der Waals surface area contributed by atoms with Gasteiger partial charge >= 0.3 is 6.09 Å². The number of hydrogen-bond donors (Lipinski definition) is 2. The molecule has 1 aromatic carbocycles. The van der Waals surface area contributed by atoms with Gasteiger partial charge in [-0.3, -0.25) is 33.8 Å². The molecule has 2 N–H and O–H groups in total. The third-order valence-corrected chi connectivity index (χ3v) is 11.5. The van der Waals surface area contributed by atoms with Crippen molar-refractivity contribution in [2.75, 3.05) is 45.9 Å². The van der Waals surface area contributed by atoms with Crippen LogP contribution in [0.4, 0.5) is 10.5 Å². The van der Waals surface area contributed by atoms with E-state index in [0.29, 0.717) is 25.8 Å². The topological polar surface area (TPSA) is 155 Å². The van der Waals surface area contributed by atoms with Gasteiger partial charge in [0.15, 0.2) is 5.78 Å². The second kappa shape index (κ2) is 23.4. The number of unbranched alkanes of at least 4 members (excludes halogenated alkanes) is 2. The number of Topliss-reactive ketones (excluding diaryl/α,β-unsaturated/α-hetero) is 1. The normalized spacial score (nSPS) is 17.1. The Balaban J connectivity index is 1.88. The van der Waals surface area contributed by atoms with Crippen LogP contribution in [0.2, 0.25) is 0 Å². The van der Waals surface area contributed by atoms with Gasteiger partial charge in [-0.15, -0.1) is 0 Å². The summed E-state index contributed by atoms with van der Waals surface area (Å²) in [6, 6.07) is 5.35. The van der Waals surface area contributed by atoms with Crippen molar-refractivity contribution in [2.24, 2.45) is 17.8 Å². The Morgan fingerprint density at radius 1 is 0.927 bits per heavy atom. The molecule has 1 aromatic rings. The Bertz CT molecular complexity index is 1420. The van der Waals surface area contributed by atoms with Crippen LogP contribution < -0.4 is 10.6 Å². The van der Waals surface area contributed by atoms with Crippen LogP contribution in [0.15, 0.2) is 24.3 Å². The molecule has 6 atom stereocenters. The van der Waals surface area contributed by atoms with Crippen LogP contribution in [0.5, 0.6) is 0 Å². The number of hydrogen-bond acceptors (Lipinski definition) is 10. The van der Waals surface area contributed by atoms with E-state index < -0.39 is 24.1 Å². The van der Waals surface area contributed by atoms with E-state index in [0.717, 1.165) is 30.5 Å². The van der Waals surface area contributed by atoms with Crippen molar-refractivity contribution in [1.29, 1.82) is 0 Å². The zero-order valence-corrected chi connectivity index (χ0v) is 35.8. The van der Waals surface area contributed by atoms with E-state index >= 15 is 0 Å². The molecule has 1 saturated heterocycles. The summed E-state index contributed by atoms with van der Waals surface area (Å²) in [7, 11) is 4.95. The van der Waals surface area contributed by atoms with E-state index in [4.69, 9.17) is 9.47 Å². The molecule has 13 nitrogen and oxygen atoms in total. The van der Waals surface area contributed by atoms with Crippen LogP contribution in [0.3, 0.4) is 0 Å². The zero-order chi connectivity index (χ0) is 41.4. The maximum absolute atomic E-state index is 13.9. The largest absolute Gasteiger partial charge is 0.445 e. The van der Waals surface area contributed by atoms with Gasteiger partial charge in [0.05, 0.1) is 23.9 Å². The molecule has 1 heterocycles. The number of thioether (sulfide) groups is 1. The Morgan fingerprint density at radius 3 is 2.11 bits per heavy atom. The third-order valence-electron chi connectivity index (χ3n) is 10.6. The summed E-state index contributed by atoms with van der Waals surface area (Å²) in [4.78, 5) is 82.0. The molecular formula is C41H67N5O8S. The number of likely N-dealkylation sites (N-methyl/N-ethyl adjacent to an activating group) is 2. The molecule has 0 aliphatic carbocycles. The van der Waals surface area contributed by atoms with Crippen LogP contribution in [0.1, 0.15) is 99.0 Å². The maximum Gasteiger partial charge on any atom is 0.410 e. The highest BCUT2D eigenvalue weighted by molar-refractivity contribution is 8.00. The van der Waals surface area contributed by atoms with Crippen molar-refractivity contribution in [3.63, 3.8) is 0 Å². The lowest BCUT2D eigenvalue weighted by Gasteiger charge is -2.40. The molecule has 1 aliphatic heterocycles. The van der Waals surface area contributed by atoms with Crippen molar-refractivity contribution in [3.05, 3.63) is 29.8 Å². The molecule has 310 valence electrons. The van der Waals surface area contributed by atoms with Crippen LogP contribution in [0, 0.1) is 17.8 Å². The number of ketones is 1. The molecule has 0 bridgehead atoms. The molecule has 5 amide bonds.